The van der Waals surface area contributed by atoms with Crippen LogP contribution in [0.25, 0.3) is 0 Å². The van der Waals surface area contributed by atoms with E-state index >= 15 is 0 Å². The van der Waals surface area contributed by atoms with Crippen LogP contribution in [0.2, 0.25) is 0 Å². The van der Waals surface area contributed by atoms with Crippen molar-refractivity contribution in [2.24, 2.45) is 0 Å². The summed E-state index contributed by atoms with van der Waals surface area (Å²) in [6, 6.07) is 15.3. The molecule has 0 fully saturated rings. The minimum Gasteiger partial charge on any atom is -0.313 e. The summed E-state index contributed by atoms with van der Waals surface area (Å²) in [5.41, 5.74) is 0. The Kier molecular flexibility index (Phi) is 4.87. The van der Waals surface area contributed by atoms with Crippen molar-refractivity contribution in [1.82, 2.24) is 0 Å². The van der Waals surface area contributed by atoms with Gasteiger partial charge in [0.25, 0.3) is 0 Å². The van der Waals surface area contributed by atoms with Gasteiger partial charge in [-0.15, -0.1) is 0 Å². The maximum atomic E-state index is 13.1. The second-order valence-corrected chi connectivity index (χ2v) is 9.90. The van der Waals surface area contributed by atoms with E-state index < -0.39 is 7.14 Å². The maximum Gasteiger partial charge on any atom is 0.153 e. The fourth-order valence-corrected chi connectivity index (χ4v) is 5.75. The number of hydrogen-bond acceptors (Lipinski definition) is 1. The van der Waals surface area contributed by atoms with Crippen LogP contribution in [0.15, 0.2) is 57.5 Å². The molecule has 2 aromatic carbocycles. The van der Waals surface area contributed by atoms with Crippen LogP contribution in [0.5, 0.6) is 0 Å². The average Bonchev–Trinajstić information content (AvgIpc) is 2.39. The molecule has 0 spiro atoms. The summed E-state index contributed by atoms with van der Waals surface area (Å²) in [6.07, 6.45) is 0. The third-order valence-electron chi connectivity index (χ3n) is 2.66. The minimum absolute atomic E-state index is 0.448. The summed E-state index contributed by atoms with van der Waals surface area (Å²) in [5.74, 6) is 0. The molecule has 94 valence electrons. The van der Waals surface area contributed by atoms with Crippen molar-refractivity contribution in [2.75, 3.05) is 5.07 Å². The molecule has 0 atom stereocenters. The van der Waals surface area contributed by atoms with Crippen LogP contribution in [-0.2, 0) is 4.57 Å². The van der Waals surface area contributed by atoms with Gasteiger partial charge in [0, 0.05) is 19.6 Å². The Balaban J connectivity index is 2.51. The van der Waals surface area contributed by atoms with Crippen molar-refractivity contribution in [2.45, 2.75) is 0 Å². The van der Waals surface area contributed by atoms with Crippen molar-refractivity contribution in [3.63, 3.8) is 0 Å². The van der Waals surface area contributed by atoms with Crippen molar-refractivity contribution in [3.05, 3.63) is 57.5 Å². The Hall–Kier alpha value is 0.110. The molecular formula is C13H10Br3OP. The van der Waals surface area contributed by atoms with Crippen molar-refractivity contribution in [1.29, 1.82) is 0 Å². The molecule has 2 aromatic rings. The molecule has 18 heavy (non-hydrogen) atoms. The van der Waals surface area contributed by atoms with Gasteiger partial charge in [-0.3, -0.25) is 0 Å². The standard InChI is InChI=1S/C13H10Br3OP/c14-9-18(17,12-5-1-10(15)2-6-12)13-7-3-11(16)4-8-13/h1-8H,9H2. The zero-order chi connectivity index (χ0) is 13.2. The van der Waals surface area contributed by atoms with Crippen LogP contribution in [0.4, 0.5) is 0 Å². The highest BCUT2D eigenvalue weighted by Gasteiger charge is 2.25. The van der Waals surface area contributed by atoms with Crippen LogP contribution in [-0.4, -0.2) is 5.07 Å². The van der Waals surface area contributed by atoms with E-state index in [9.17, 15) is 4.57 Å². The van der Waals surface area contributed by atoms with Gasteiger partial charge < -0.3 is 4.57 Å². The normalized spacial score (nSPS) is 11.5. The molecule has 0 heterocycles. The molecule has 0 saturated carbocycles. The first kappa shape index (κ1) is 14.5. The third kappa shape index (κ3) is 2.98. The van der Waals surface area contributed by atoms with Gasteiger partial charge >= 0.3 is 0 Å². The number of benzene rings is 2. The minimum atomic E-state index is -2.57. The van der Waals surface area contributed by atoms with Crippen LogP contribution in [0, 0.1) is 0 Å². The molecular weight excluding hydrogens is 443 g/mol. The van der Waals surface area contributed by atoms with Gasteiger partial charge in [0.15, 0.2) is 7.14 Å². The molecule has 0 N–H and O–H groups in total. The van der Waals surface area contributed by atoms with E-state index in [0.29, 0.717) is 5.07 Å². The summed E-state index contributed by atoms with van der Waals surface area (Å²) in [4.78, 5) is 0. The van der Waals surface area contributed by atoms with Gasteiger partial charge in [-0.25, -0.2) is 0 Å². The van der Waals surface area contributed by atoms with Gasteiger partial charge in [-0.05, 0) is 24.3 Å². The number of rotatable bonds is 3. The Bertz CT molecular complexity index is 529. The third-order valence-corrected chi connectivity index (χ3v) is 8.43. The zero-order valence-corrected chi connectivity index (χ0v) is 15.0. The van der Waals surface area contributed by atoms with E-state index in [0.717, 1.165) is 19.6 Å². The SMILES string of the molecule is O=P(CBr)(c1ccc(Br)cc1)c1ccc(Br)cc1. The summed E-state index contributed by atoms with van der Waals surface area (Å²) >= 11 is 10.2. The highest BCUT2D eigenvalue weighted by Crippen LogP contribution is 2.45. The second-order valence-electron chi connectivity index (χ2n) is 3.81. The van der Waals surface area contributed by atoms with Gasteiger partial charge in [0.2, 0.25) is 0 Å². The Morgan fingerprint density at radius 2 is 1.11 bits per heavy atom. The van der Waals surface area contributed by atoms with Gasteiger partial charge in [0.1, 0.15) is 0 Å². The second kappa shape index (κ2) is 6.04. The molecule has 0 bridgehead atoms. The molecule has 1 nitrogen and oxygen atoms in total. The quantitative estimate of drug-likeness (QED) is 0.479. The topological polar surface area (TPSA) is 17.1 Å². The summed E-state index contributed by atoms with van der Waals surface area (Å²) in [5, 5.41) is 2.18. The molecule has 0 aliphatic heterocycles. The molecule has 0 aromatic heterocycles. The van der Waals surface area contributed by atoms with E-state index in [1.807, 2.05) is 48.5 Å². The van der Waals surface area contributed by atoms with E-state index in [1.54, 1.807) is 0 Å². The van der Waals surface area contributed by atoms with Crippen LogP contribution in [0.3, 0.4) is 0 Å². The lowest BCUT2D eigenvalue weighted by Gasteiger charge is -2.16. The summed E-state index contributed by atoms with van der Waals surface area (Å²) < 4.78 is 15.1. The lowest BCUT2D eigenvalue weighted by Crippen LogP contribution is -2.16. The number of halogens is 3. The molecule has 0 aliphatic carbocycles. The van der Waals surface area contributed by atoms with Gasteiger partial charge in [-0.2, -0.15) is 0 Å². The molecule has 5 heteroatoms. The molecule has 2 rings (SSSR count). The fourth-order valence-electron chi connectivity index (χ4n) is 1.65. The van der Waals surface area contributed by atoms with E-state index in [2.05, 4.69) is 47.8 Å². The first-order chi connectivity index (χ1) is 8.56. The Morgan fingerprint density at radius 3 is 1.39 bits per heavy atom. The lowest BCUT2D eigenvalue weighted by atomic mass is 10.4. The van der Waals surface area contributed by atoms with E-state index in [4.69, 9.17) is 0 Å². The first-order valence-corrected chi connectivity index (χ1v) is 9.83. The maximum absolute atomic E-state index is 13.1. The molecule has 0 saturated heterocycles. The fraction of sp³-hybridized carbons (Fsp3) is 0.0769. The summed E-state index contributed by atoms with van der Waals surface area (Å²) in [7, 11) is -2.57. The first-order valence-electron chi connectivity index (χ1n) is 5.23. The van der Waals surface area contributed by atoms with Crippen LogP contribution in [0.1, 0.15) is 0 Å². The number of alkyl halides is 1. The predicted octanol–water partition coefficient (Wildman–Crippen LogP) is 4.88. The Morgan fingerprint density at radius 1 is 0.778 bits per heavy atom. The highest BCUT2D eigenvalue weighted by molar-refractivity contribution is 9.11. The van der Waals surface area contributed by atoms with E-state index in [-0.39, 0.29) is 0 Å². The van der Waals surface area contributed by atoms with Crippen molar-refractivity contribution < 1.29 is 4.57 Å². The average molecular weight is 453 g/mol. The van der Waals surface area contributed by atoms with Gasteiger partial charge in [0.05, 0.1) is 5.07 Å². The summed E-state index contributed by atoms with van der Waals surface area (Å²) in [6.45, 7) is 0. The molecule has 0 amide bonds. The molecule has 0 radical (unpaired) electrons. The van der Waals surface area contributed by atoms with E-state index in [1.165, 1.54) is 0 Å². The highest BCUT2D eigenvalue weighted by atomic mass is 79.9. The molecule has 0 unspecified atom stereocenters. The largest absolute Gasteiger partial charge is 0.313 e. The van der Waals surface area contributed by atoms with Crippen LogP contribution >= 0.6 is 54.9 Å². The van der Waals surface area contributed by atoms with Gasteiger partial charge in [-0.1, -0.05) is 72.1 Å². The lowest BCUT2D eigenvalue weighted by molar-refractivity contribution is 0.590. The zero-order valence-electron chi connectivity index (χ0n) is 9.32. The van der Waals surface area contributed by atoms with Crippen molar-refractivity contribution >= 4 is 65.5 Å². The Labute approximate surface area is 132 Å². The van der Waals surface area contributed by atoms with Crippen molar-refractivity contribution in [3.8, 4) is 0 Å². The smallest absolute Gasteiger partial charge is 0.153 e. The van der Waals surface area contributed by atoms with Crippen LogP contribution < -0.4 is 10.6 Å². The molecule has 0 aliphatic rings. The monoisotopic (exact) mass is 450 g/mol. The predicted molar refractivity (Wildman–Crippen MR) is 89.0 cm³/mol. The number of hydrogen-bond donors (Lipinski definition) is 0.